The highest BCUT2D eigenvalue weighted by molar-refractivity contribution is 5.92. The largest absolute Gasteiger partial charge is 0.492 e. The van der Waals surface area contributed by atoms with Crippen molar-refractivity contribution in [3.05, 3.63) is 23.8 Å². The van der Waals surface area contributed by atoms with Crippen LogP contribution in [0.15, 0.2) is 18.2 Å². The maximum Gasteiger partial charge on any atom is 0.416 e. The Morgan fingerprint density at radius 2 is 2.17 bits per heavy atom. The molecule has 1 heterocycles. The molecule has 2 rings (SSSR count). The van der Waals surface area contributed by atoms with Crippen LogP contribution in [0.4, 0.5) is 23.7 Å². The second-order valence-corrected chi connectivity index (χ2v) is 4.95. The predicted molar refractivity (Wildman–Crippen MR) is 76.2 cm³/mol. The van der Waals surface area contributed by atoms with Gasteiger partial charge in [0.1, 0.15) is 5.75 Å². The molecule has 0 aliphatic carbocycles. The molecule has 3 amide bonds. The average molecular weight is 331 g/mol. The summed E-state index contributed by atoms with van der Waals surface area (Å²) in [6.07, 6.45) is -4.40. The zero-order valence-corrected chi connectivity index (χ0v) is 12.3. The predicted octanol–water partition coefficient (Wildman–Crippen LogP) is 2.11. The molecule has 1 fully saturated rings. The molecule has 1 saturated heterocycles. The quantitative estimate of drug-likeness (QED) is 0.791. The van der Waals surface area contributed by atoms with Crippen molar-refractivity contribution in [2.75, 3.05) is 18.5 Å². The first-order valence-corrected chi connectivity index (χ1v) is 6.98. The van der Waals surface area contributed by atoms with Gasteiger partial charge in [0.15, 0.2) is 0 Å². The molecule has 0 radical (unpaired) electrons. The van der Waals surface area contributed by atoms with E-state index >= 15 is 0 Å². The third-order valence-corrected chi connectivity index (χ3v) is 3.17. The van der Waals surface area contributed by atoms with Crippen LogP contribution in [0.2, 0.25) is 0 Å². The SMILES string of the molecule is CCOc1ccc(C(F)(F)F)cc1NC(=O)N[C@H]1CNC(=O)C1. The second kappa shape index (κ2) is 6.76. The van der Waals surface area contributed by atoms with Gasteiger partial charge in [-0.3, -0.25) is 4.79 Å². The summed E-state index contributed by atoms with van der Waals surface area (Å²) in [5.41, 5.74) is -0.981. The number of urea groups is 1. The summed E-state index contributed by atoms with van der Waals surface area (Å²) in [5, 5.41) is 7.40. The van der Waals surface area contributed by atoms with Gasteiger partial charge < -0.3 is 20.7 Å². The minimum Gasteiger partial charge on any atom is -0.492 e. The van der Waals surface area contributed by atoms with Crippen LogP contribution in [0.3, 0.4) is 0 Å². The molecule has 0 bridgehead atoms. The molecule has 1 aliphatic heterocycles. The molecule has 0 aromatic heterocycles. The number of rotatable bonds is 4. The van der Waals surface area contributed by atoms with Crippen molar-refractivity contribution in [3.8, 4) is 5.75 Å². The number of carbonyl (C=O) groups excluding carboxylic acids is 2. The van der Waals surface area contributed by atoms with Crippen molar-refractivity contribution in [3.63, 3.8) is 0 Å². The molecule has 23 heavy (non-hydrogen) atoms. The third-order valence-electron chi connectivity index (χ3n) is 3.17. The fraction of sp³-hybridized carbons (Fsp3) is 0.429. The molecular weight excluding hydrogens is 315 g/mol. The van der Waals surface area contributed by atoms with Gasteiger partial charge in [0.2, 0.25) is 5.91 Å². The van der Waals surface area contributed by atoms with Crippen molar-refractivity contribution in [2.24, 2.45) is 0 Å². The first-order valence-electron chi connectivity index (χ1n) is 6.98. The zero-order valence-electron chi connectivity index (χ0n) is 12.3. The van der Waals surface area contributed by atoms with Crippen molar-refractivity contribution in [1.82, 2.24) is 10.6 Å². The first-order chi connectivity index (χ1) is 10.8. The molecule has 1 atom stereocenters. The smallest absolute Gasteiger partial charge is 0.416 e. The van der Waals surface area contributed by atoms with Gasteiger partial charge in [-0.1, -0.05) is 0 Å². The number of amides is 3. The van der Waals surface area contributed by atoms with Gasteiger partial charge in [-0.2, -0.15) is 13.2 Å². The molecule has 0 saturated carbocycles. The lowest BCUT2D eigenvalue weighted by atomic mass is 10.1. The molecule has 0 spiro atoms. The minimum atomic E-state index is -4.53. The van der Waals surface area contributed by atoms with E-state index in [0.717, 1.165) is 18.2 Å². The first kappa shape index (κ1) is 16.9. The van der Waals surface area contributed by atoms with E-state index in [2.05, 4.69) is 16.0 Å². The summed E-state index contributed by atoms with van der Waals surface area (Å²) in [6.45, 7) is 2.20. The summed E-state index contributed by atoms with van der Waals surface area (Å²) >= 11 is 0. The number of halogens is 3. The maximum atomic E-state index is 12.8. The Bertz CT molecular complexity index is 605. The molecule has 1 aliphatic rings. The van der Waals surface area contributed by atoms with Crippen molar-refractivity contribution >= 4 is 17.6 Å². The average Bonchev–Trinajstić information content (AvgIpc) is 2.85. The highest BCUT2D eigenvalue weighted by Gasteiger charge is 2.31. The Morgan fingerprint density at radius 3 is 2.74 bits per heavy atom. The van der Waals surface area contributed by atoms with Crippen LogP contribution in [-0.2, 0) is 11.0 Å². The maximum absolute atomic E-state index is 12.8. The van der Waals surface area contributed by atoms with E-state index in [1.165, 1.54) is 0 Å². The lowest BCUT2D eigenvalue weighted by Crippen LogP contribution is -2.39. The molecule has 126 valence electrons. The van der Waals surface area contributed by atoms with Crippen LogP contribution >= 0.6 is 0 Å². The number of carbonyl (C=O) groups is 2. The normalized spacial score (nSPS) is 17.6. The monoisotopic (exact) mass is 331 g/mol. The molecule has 6 nitrogen and oxygen atoms in total. The van der Waals surface area contributed by atoms with Crippen molar-refractivity contribution in [1.29, 1.82) is 0 Å². The summed E-state index contributed by atoms with van der Waals surface area (Å²) in [4.78, 5) is 23.0. The molecule has 3 N–H and O–H groups in total. The van der Waals surface area contributed by atoms with Crippen LogP contribution in [0.5, 0.6) is 5.75 Å². The van der Waals surface area contributed by atoms with Gasteiger partial charge >= 0.3 is 12.2 Å². The fourth-order valence-electron chi connectivity index (χ4n) is 2.14. The molecule has 1 aromatic carbocycles. The highest BCUT2D eigenvalue weighted by Crippen LogP contribution is 2.35. The van der Waals surface area contributed by atoms with E-state index in [1.807, 2.05) is 0 Å². The summed E-state index contributed by atoms with van der Waals surface area (Å²) in [7, 11) is 0. The van der Waals surface area contributed by atoms with Gasteiger partial charge in [0, 0.05) is 13.0 Å². The van der Waals surface area contributed by atoms with Crippen LogP contribution < -0.4 is 20.7 Å². The van der Waals surface area contributed by atoms with Gasteiger partial charge in [-0.05, 0) is 25.1 Å². The van der Waals surface area contributed by atoms with Crippen molar-refractivity contribution in [2.45, 2.75) is 25.6 Å². The van der Waals surface area contributed by atoms with E-state index in [4.69, 9.17) is 4.74 Å². The number of anilines is 1. The lowest BCUT2D eigenvalue weighted by Gasteiger charge is -2.16. The van der Waals surface area contributed by atoms with E-state index in [-0.39, 0.29) is 36.9 Å². The Kier molecular flexibility index (Phi) is 4.97. The molecule has 1 aromatic rings. The summed E-state index contributed by atoms with van der Waals surface area (Å²) in [6, 6.07) is 1.74. The number of nitrogens with one attached hydrogen (secondary N) is 3. The number of ether oxygens (including phenoxy) is 1. The Morgan fingerprint density at radius 1 is 1.43 bits per heavy atom. The number of hydrogen-bond acceptors (Lipinski definition) is 3. The van der Waals surface area contributed by atoms with Crippen LogP contribution in [0.1, 0.15) is 18.9 Å². The highest BCUT2D eigenvalue weighted by atomic mass is 19.4. The number of alkyl halides is 3. The number of hydrogen-bond donors (Lipinski definition) is 3. The van der Waals surface area contributed by atoms with Crippen LogP contribution in [-0.4, -0.2) is 31.1 Å². The van der Waals surface area contributed by atoms with Crippen LogP contribution in [0, 0.1) is 0 Å². The van der Waals surface area contributed by atoms with Gasteiger partial charge in [-0.25, -0.2) is 4.79 Å². The topological polar surface area (TPSA) is 79.5 Å². The van der Waals surface area contributed by atoms with Crippen molar-refractivity contribution < 1.29 is 27.5 Å². The zero-order chi connectivity index (χ0) is 17.0. The Balaban J connectivity index is 2.12. The van der Waals surface area contributed by atoms with Gasteiger partial charge in [-0.15, -0.1) is 0 Å². The van der Waals surface area contributed by atoms with E-state index in [0.29, 0.717) is 0 Å². The van der Waals surface area contributed by atoms with Crippen LogP contribution in [0.25, 0.3) is 0 Å². The Hall–Kier alpha value is -2.45. The van der Waals surface area contributed by atoms with E-state index in [9.17, 15) is 22.8 Å². The second-order valence-electron chi connectivity index (χ2n) is 4.95. The summed E-state index contributed by atoms with van der Waals surface area (Å²) in [5.74, 6) is -0.0550. The van der Waals surface area contributed by atoms with Gasteiger partial charge in [0.05, 0.1) is 23.9 Å². The summed E-state index contributed by atoms with van der Waals surface area (Å²) < 4.78 is 43.6. The lowest BCUT2D eigenvalue weighted by molar-refractivity contribution is -0.137. The van der Waals surface area contributed by atoms with Gasteiger partial charge in [0.25, 0.3) is 0 Å². The standard InChI is InChI=1S/C14H16F3N3O3/c1-2-23-11-4-3-8(14(15,16)17)5-10(11)20-13(22)19-9-6-12(21)18-7-9/h3-5,9H,2,6-7H2,1H3,(H,18,21)(H2,19,20,22)/t9-/m1/s1. The Labute approximate surface area is 130 Å². The minimum absolute atomic E-state index is 0.0866. The van der Waals surface area contributed by atoms with E-state index in [1.54, 1.807) is 6.92 Å². The molecule has 0 unspecified atom stereocenters. The van der Waals surface area contributed by atoms with E-state index < -0.39 is 23.8 Å². The number of benzene rings is 1. The third kappa shape index (κ3) is 4.51. The molecular formula is C14H16F3N3O3. The molecule has 9 heteroatoms. The fourth-order valence-corrected chi connectivity index (χ4v) is 2.14.